The summed E-state index contributed by atoms with van der Waals surface area (Å²) in [7, 11) is 4.08. The van der Waals surface area contributed by atoms with E-state index in [9.17, 15) is 0 Å². The third-order valence-corrected chi connectivity index (χ3v) is 5.76. The van der Waals surface area contributed by atoms with Gasteiger partial charge in [-0.25, -0.2) is 0 Å². The van der Waals surface area contributed by atoms with Gasteiger partial charge in [0.2, 0.25) is 0 Å². The fourth-order valence-electron chi connectivity index (χ4n) is 4.88. The number of methoxy groups -OCH3 is 1. The lowest BCUT2D eigenvalue weighted by Gasteiger charge is -2.51. The molecule has 0 radical (unpaired) electrons. The predicted molar refractivity (Wildman–Crippen MR) is 80.2 cm³/mol. The Labute approximate surface area is 121 Å². The van der Waals surface area contributed by atoms with Crippen LogP contribution >= 0.6 is 0 Å². The number of hydrogen-bond donors (Lipinski definition) is 0. The highest BCUT2D eigenvalue weighted by molar-refractivity contribution is 5.34. The van der Waals surface area contributed by atoms with Crippen LogP contribution in [-0.2, 0) is 0 Å². The second kappa shape index (κ2) is 4.74. The zero-order valence-corrected chi connectivity index (χ0v) is 12.5. The predicted octanol–water partition coefficient (Wildman–Crippen LogP) is 2.19. The van der Waals surface area contributed by atoms with Crippen LogP contribution in [0.3, 0.4) is 0 Å². The monoisotopic (exact) mass is 272 g/mol. The van der Waals surface area contributed by atoms with Crippen LogP contribution in [0.4, 0.5) is 0 Å². The number of likely N-dealkylation sites (N-methyl/N-ethyl adjacent to an activating group) is 1. The molecule has 4 fully saturated rings. The number of benzene rings is 1. The van der Waals surface area contributed by atoms with Gasteiger partial charge in [0.05, 0.1) is 7.11 Å². The van der Waals surface area contributed by atoms with Crippen LogP contribution in [0, 0.1) is 5.92 Å². The smallest absolute Gasteiger partial charge is 0.119 e. The Morgan fingerprint density at radius 3 is 2.70 bits per heavy atom. The van der Waals surface area contributed by atoms with Gasteiger partial charge in [0.1, 0.15) is 5.75 Å². The quantitative estimate of drug-likeness (QED) is 0.821. The molecule has 1 aromatic rings. The summed E-state index contributed by atoms with van der Waals surface area (Å²) in [6.45, 7) is 3.80. The van der Waals surface area contributed by atoms with E-state index < -0.39 is 0 Å². The van der Waals surface area contributed by atoms with Crippen molar-refractivity contribution in [2.24, 2.45) is 5.92 Å². The molecule has 0 N–H and O–H groups in total. The summed E-state index contributed by atoms with van der Waals surface area (Å²) in [5.74, 6) is 2.55. The van der Waals surface area contributed by atoms with Crippen molar-refractivity contribution in [2.45, 2.75) is 30.8 Å². The van der Waals surface area contributed by atoms with Crippen molar-refractivity contribution in [1.29, 1.82) is 0 Å². The summed E-state index contributed by atoms with van der Waals surface area (Å²) in [5, 5.41) is 0. The molecule has 20 heavy (non-hydrogen) atoms. The molecule has 2 bridgehead atoms. The van der Waals surface area contributed by atoms with Crippen LogP contribution < -0.4 is 4.74 Å². The van der Waals surface area contributed by atoms with E-state index in [1.165, 1.54) is 38.0 Å². The Hall–Kier alpha value is -1.06. The molecular formula is C17H24N2O. The van der Waals surface area contributed by atoms with Crippen molar-refractivity contribution in [3.8, 4) is 5.75 Å². The van der Waals surface area contributed by atoms with Crippen LogP contribution in [0.5, 0.6) is 5.75 Å². The topological polar surface area (TPSA) is 15.7 Å². The Bertz CT molecular complexity index is 496. The van der Waals surface area contributed by atoms with Gasteiger partial charge in [0.15, 0.2) is 0 Å². The molecule has 4 heterocycles. The normalized spacial score (nSPS) is 39.8. The Balaban J connectivity index is 1.68. The molecule has 1 aromatic carbocycles. The fourth-order valence-corrected chi connectivity index (χ4v) is 4.88. The maximum absolute atomic E-state index is 5.41. The summed E-state index contributed by atoms with van der Waals surface area (Å²) in [4.78, 5) is 5.36. The molecule has 3 nitrogen and oxygen atoms in total. The van der Waals surface area contributed by atoms with Crippen LogP contribution in [0.1, 0.15) is 24.3 Å². The van der Waals surface area contributed by atoms with Crippen molar-refractivity contribution in [1.82, 2.24) is 9.80 Å². The molecule has 0 aliphatic carbocycles. The molecule has 4 saturated heterocycles. The van der Waals surface area contributed by atoms with Gasteiger partial charge >= 0.3 is 0 Å². The number of hydrogen-bond acceptors (Lipinski definition) is 3. The Kier molecular flexibility index (Phi) is 3.00. The molecule has 5 rings (SSSR count). The van der Waals surface area contributed by atoms with Gasteiger partial charge in [-0.1, -0.05) is 12.1 Å². The number of rotatable bonds is 2. The molecule has 0 aromatic heterocycles. The van der Waals surface area contributed by atoms with Crippen LogP contribution in [0.15, 0.2) is 24.3 Å². The van der Waals surface area contributed by atoms with E-state index >= 15 is 0 Å². The van der Waals surface area contributed by atoms with Crippen LogP contribution in [-0.4, -0.2) is 55.7 Å². The van der Waals surface area contributed by atoms with Crippen LogP contribution in [0.2, 0.25) is 0 Å². The second-order valence-electron chi connectivity index (χ2n) is 6.68. The first kappa shape index (κ1) is 12.7. The highest BCUT2D eigenvalue weighted by atomic mass is 16.5. The number of likely N-dealkylation sites (tertiary alicyclic amines) is 1. The number of piperidine rings is 3. The molecule has 4 aliphatic heterocycles. The second-order valence-corrected chi connectivity index (χ2v) is 6.68. The highest BCUT2D eigenvalue weighted by Gasteiger charge is 2.52. The van der Waals surface area contributed by atoms with E-state index in [4.69, 9.17) is 4.74 Å². The zero-order valence-electron chi connectivity index (χ0n) is 12.5. The lowest BCUT2D eigenvalue weighted by molar-refractivity contribution is 0.000192. The first-order valence-corrected chi connectivity index (χ1v) is 7.86. The van der Waals surface area contributed by atoms with Gasteiger partial charge < -0.3 is 9.64 Å². The summed E-state index contributed by atoms with van der Waals surface area (Å²) in [6.07, 6.45) is 2.80. The highest BCUT2D eigenvalue weighted by Crippen LogP contribution is 2.46. The average molecular weight is 272 g/mol. The van der Waals surface area contributed by atoms with Gasteiger partial charge in [-0.3, -0.25) is 4.90 Å². The first-order valence-electron chi connectivity index (χ1n) is 7.86. The first-order chi connectivity index (χ1) is 9.78. The SMILES string of the molecule is COc1cccc([C@H]2CN(C)[C@@H]3C4CCN(CC4)[C@H]23)c1. The summed E-state index contributed by atoms with van der Waals surface area (Å²) >= 11 is 0. The van der Waals surface area contributed by atoms with Gasteiger partial charge in [-0.2, -0.15) is 0 Å². The number of ether oxygens (including phenoxy) is 1. The van der Waals surface area contributed by atoms with E-state index in [2.05, 4.69) is 35.0 Å². The molecule has 0 unspecified atom stereocenters. The van der Waals surface area contributed by atoms with Gasteiger partial charge in [0, 0.05) is 24.5 Å². The fraction of sp³-hybridized carbons (Fsp3) is 0.647. The van der Waals surface area contributed by atoms with Crippen molar-refractivity contribution >= 4 is 0 Å². The average Bonchev–Trinajstić information content (AvgIpc) is 2.89. The Morgan fingerprint density at radius 2 is 1.95 bits per heavy atom. The van der Waals surface area contributed by atoms with Gasteiger partial charge in [0.25, 0.3) is 0 Å². The summed E-state index contributed by atoms with van der Waals surface area (Å²) in [6, 6.07) is 10.2. The maximum atomic E-state index is 5.41. The maximum Gasteiger partial charge on any atom is 0.119 e. The number of nitrogens with zero attached hydrogens (tertiary/aromatic N) is 2. The third kappa shape index (κ3) is 1.80. The third-order valence-electron chi connectivity index (χ3n) is 5.76. The Morgan fingerprint density at radius 1 is 1.15 bits per heavy atom. The standard InChI is InChI=1S/C17H24N2O/c1-18-11-15(13-4-3-5-14(10-13)20-2)17-16(18)12-6-8-19(17)9-7-12/h3-5,10,12,15-17H,6-9,11H2,1-2H3/t15-,16-,17-/m1/s1. The van der Waals surface area contributed by atoms with Gasteiger partial charge in [-0.05, 0) is 56.6 Å². The molecule has 0 saturated carbocycles. The largest absolute Gasteiger partial charge is 0.497 e. The van der Waals surface area contributed by atoms with E-state index in [0.29, 0.717) is 5.92 Å². The van der Waals surface area contributed by atoms with Gasteiger partial charge in [-0.15, -0.1) is 0 Å². The lowest BCUT2D eigenvalue weighted by atomic mass is 9.75. The van der Waals surface area contributed by atoms with Crippen molar-refractivity contribution in [3.05, 3.63) is 29.8 Å². The lowest BCUT2D eigenvalue weighted by Crippen LogP contribution is -2.59. The van der Waals surface area contributed by atoms with Crippen molar-refractivity contribution in [3.63, 3.8) is 0 Å². The molecule has 0 amide bonds. The minimum atomic E-state index is 0.642. The summed E-state index contributed by atoms with van der Waals surface area (Å²) < 4.78 is 5.41. The van der Waals surface area contributed by atoms with Crippen LogP contribution in [0.25, 0.3) is 0 Å². The minimum Gasteiger partial charge on any atom is -0.497 e. The molecule has 108 valence electrons. The molecule has 4 aliphatic rings. The van der Waals surface area contributed by atoms with E-state index in [1.54, 1.807) is 7.11 Å². The summed E-state index contributed by atoms with van der Waals surface area (Å²) in [5.41, 5.74) is 1.45. The minimum absolute atomic E-state index is 0.642. The number of fused-ring (bicyclic) bond motifs is 2. The van der Waals surface area contributed by atoms with E-state index in [-0.39, 0.29) is 0 Å². The van der Waals surface area contributed by atoms with E-state index in [0.717, 1.165) is 23.8 Å². The van der Waals surface area contributed by atoms with Crippen molar-refractivity contribution < 1.29 is 4.74 Å². The molecular weight excluding hydrogens is 248 g/mol. The molecule has 3 atom stereocenters. The van der Waals surface area contributed by atoms with Crippen molar-refractivity contribution in [2.75, 3.05) is 33.8 Å². The van der Waals surface area contributed by atoms with E-state index in [1.807, 2.05) is 6.07 Å². The zero-order chi connectivity index (χ0) is 13.7. The molecule has 3 heteroatoms. The molecule has 0 spiro atoms.